The first-order valence-electron chi connectivity index (χ1n) is 9.86. The highest BCUT2D eigenvalue weighted by Crippen LogP contribution is 2.30. The summed E-state index contributed by atoms with van der Waals surface area (Å²) in [5.41, 5.74) is 2.50. The fraction of sp³-hybridized carbons (Fsp3) is 0.261. The summed E-state index contributed by atoms with van der Waals surface area (Å²) in [6.45, 7) is 6.90. The van der Waals surface area contributed by atoms with Crippen molar-refractivity contribution >= 4 is 23.9 Å². The molecular formula is C23H24N2O6. The van der Waals surface area contributed by atoms with Crippen LogP contribution in [0.25, 0.3) is 6.08 Å². The van der Waals surface area contributed by atoms with Crippen molar-refractivity contribution in [2.45, 2.75) is 20.8 Å². The molecular weight excluding hydrogens is 400 g/mol. The summed E-state index contributed by atoms with van der Waals surface area (Å²) >= 11 is 0. The number of benzene rings is 2. The van der Waals surface area contributed by atoms with Crippen LogP contribution < -0.4 is 24.8 Å². The van der Waals surface area contributed by atoms with Gasteiger partial charge in [0.25, 0.3) is 11.8 Å². The van der Waals surface area contributed by atoms with Crippen LogP contribution in [-0.2, 0) is 9.59 Å². The summed E-state index contributed by atoms with van der Waals surface area (Å²) in [4.78, 5) is 35.0. The van der Waals surface area contributed by atoms with Gasteiger partial charge >= 0.3 is 6.03 Å². The lowest BCUT2D eigenvalue weighted by atomic mass is 10.1. The predicted molar refractivity (Wildman–Crippen MR) is 114 cm³/mol. The van der Waals surface area contributed by atoms with E-state index < -0.39 is 17.8 Å². The minimum absolute atomic E-state index is 0.169. The zero-order chi connectivity index (χ0) is 22.4. The first-order valence-corrected chi connectivity index (χ1v) is 9.86. The molecule has 0 unspecified atom stereocenters. The standard InChI is InChI=1S/C23H24N2O6/c1-4-29-19-13-16(12-17-21(26)24-23(28)25-22(17)27)8-9-18(19)30-10-11-31-20-14(2)6-5-7-15(20)3/h5-9,12-13H,4,10-11H2,1-3H3,(H2,24,25,26,27,28). The highest BCUT2D eigenvalue weighted by atomic mass is 16.5. The Morgan fingerprint density at radius 1 is 0.839 bits per heavy atom. The van der Waals surface area contributed by atoms with Gasteiger partial charge in [0.2, 0.25) is 0 Å². The smallest absolute Gasteiger partial charge is 0.328 e. The van der Waals surface area contributed by atoms with E-state index in [0.717, 1.165) is 16.9 Å². The van der Waals surface area contributed by atoms with Crippen molar-refractivity contribution in [3.63, 3.8) is 0 Å². The number of hydrogen-bond acceptors (Lipinski definition) is 6. The van der Waals surface area contributed by atoms with E-state index in [1.807, 2.05) is 49.6 Å². The molecule has 2 aromatic carbocycles. The van der Waals surface area contributed by atoms with Crippen LogP contribution in [0.15, 0.2) is 42.0 Å². The van der Waals surface area contributed by atoms with E-state index in [1.165, 1.54) is 6.08 Å². The summed E-state index contributed by atoms with van der Waals surface area (Å²) in [7, 11) is 0. The summed E-state index contributed by atoms with van der Waals surface area (Å²) in [5.74, 6) is 0.324. The second-order valence-electron chi connectivity index (χ2n) is 6.85. The van der Waals surface area contributed by atoms with Crippen LogP contribution in [0.5, 0.6) is 17.2 Å². The van der Waals surface area contributed by atoms with Crippen LogP contribution in [0, 0.1) is 13.8 Å². The van der Waals surface area contributed by atoms with E-state index in [9.17, 15) is 14.4 Å². The van der Waals surface area contributed by atoms with Crippen LogP contribution in [0.2, 0.25) is 0 Å². The van der Waals surface area contributed by atoms with Gasteiger partial charge in [-0.3, -0.25) is 20.2 Å². The van der Waals surface area contributed by atoms with Gasteiger partial charge in [0.15, 0.2) is 11.5 Å². The normalized spacial score (nSPS) is 13.4. The molecule has 0 bridgehead atoms. The number of carbonyl (C=O) groups is 3. The fourth-order valence-corrected chi connectivity index (χ4v) is 3.10. The maximum absolute atomic E-state index is 11.9. The van der Waals surface area contributed by atoms with Gasteiger partial charge in [0.05, 0.1) is 6.61 Å². The number of hydrogen-bond donors (Lipinski definition) is 2. The van der Waals surface area contributed by atoms with Crippen molar-refractivity contribution in [3.05, 3.63) is 58.7 Å². The van der Waals surface area contributed by atoms with Gasteiger partial charge in [-0.2, -0.15) is 0 Å². The third kappa shape index (κ3) is 5.42. The van der Waals surface area contributed by atoms with Gasteiger partial charge in [-0.25, -0.2) is 4.79 Å². The van der Waals surface area contributed by atoms with Crippen molar-refractivity contribution in [1.29, 1.82) is 0 Å². The van der Waals surface area contributed by atoms with E-state index in [4.69, 9.17) is 14.2 Å². The van der Waals surface area contributed by atoms with Crippen molar-refractivity contribution in [2.24, 2.45) is 0 Å². The molecule has 1 aliphatic rings. The van der Waals surface area contributed by atoms with Gasteiger partial charge in [-0.1, -0.05) is 24.3 Å². The second-order valence-corrected chi connectivity index (χ2v) is 6.85. The third-order valence-electron chi connectivity index (χ3n) is 4.52. The Balaban J connectivity index is 1.69. The topological polar surface area (TPSA) is 103 Å². The molecule has 1 aliphatic heterocycles. The van der Waals surface area contributed by atoms with E-state index in [1.54, 1.807) is 18.2 Å². The molecule has 1 heterocycles. The number of rotatable bonds is 8. The summed E-state index contributed by atoms with van der Waals surface area (Å²) < 4.78 is 17.3. The Hall–Kier alpha value is -3.81. The van der Waals surface area contributed by atoms with Gasteiger partial charge in [-0.15, -0.1) is 0 Å². The van der Waals surface area contributed by atoms with E-state index in [2.05, 4.69) is 0 Å². The monoisotopic (exact) mass is 424 g/mol. The van der Waals surface area contributed by atoms with Gasteiger partial charge in [-0.05, 0) is 55.7 Å². The van der Waals surface area contributed by atoms with E-state index >= 15 is 0 Å². The SMILES string of the molecule is CCOc1cc(C=C2C(=O)NC(=O)NC2=O)ccc1OCCOc1c(C)cccc1C. The molecule has 0 aliphatic carbocycles. The molecule has 0 saturated carbocycles. The molecule has 162 valence electrons. The highest BCUT2D eigenvalue weighted by molar-refractivity contribution is 6.31. The first kappa shape index (κ1) is 21.9. The van der Waals surface area contributed by atoms with Crippen LogP contribution >= 0.6 is 0 Å². The van der Waals surface area contributed by atoms with Crippen molar-refractivity contribution in [2.75, 3.05) is 19.8 Å². The molecule has 0 radical (unpaired) electrons. The maximum Gasteiger partial charge on any atom is 0.328 e. The molecule has 0 spiro atoms. The molecule has 1 fully saturated rings. The number of nitrogens with one attached hydrogen (secondary N) is 2. The van der Waals surface area contributed by atoms with Crippen LogP contribution in [-0.4, -0.2) is 37.7 Å². The average molecular weight is 424 g/mol. The van der Waals surface area contributed by atoms with Crippen molar-refractivity contribution in [1.82, 2.24) is 10.6 Å². The quantitative estimate of drug-likeness (QED) is 0.384. The Morgan fingerprint density at radius 2 is 1.48 bits per heavy atom. The Kier molecular flexibility index (Phi) is 6.92. The molecule has 1 saturated heterocycles. The number of carbonyl (C=O) groups excluding carboxylic acids is 3. The Morgan fingerprint density at radius 3 is 2.13 bits per heavy atom. The molecule has 8 heteroatoms. The Bertz CT molecular complexity index is 1000. The molecule has 0 aromatic heterocycles. The predicted octanol–water partition coefficient (Wildman–Crippen LogP) is 2.91. The fourth-order valence-electron chi connectivity index (χ4n) is 3.10. The van der Waals surface area contributed by atoms with Crippen LogP contribution in [0.4, 0.5) is 4.79 Å². The van der Waals surface area contributed by atoms with Crippen molar-refractivity contribution in [3.8, 4) is 17.2 Å². The highest BCUT2D eigenvalue weighted by Gasteiger charge is 2.27. The summed E-state index contributed by atoms with van der Waals surface area (Å²) in [5, 5.41) is 4.08. The van der Waals surface area contributed by atoms with E-state index in [0.29, 0.717) is 36.9 Å². The van der Waals surface area contributed by atoms with Gasteiger partial charge in [0, 0.05) is 0 Å². The number of ether oxygens (including phenoxy) is 3. The summed E-state index contributed by atoms with van der Waals surface area (Å²) in [6.07, 6.45) is 1.38. The number of barbiturate groups is 1. The van der Waals surface area contributed by atoms with Crippen LogP contribution in [0.3, 0.4) is 0 Å². The number of aryl methyl sites for hydroxylation is 2. The maximum atomic E-state index is 11.9. The number of urea groups is 1. The van der Waals surface area contributed by atoms with Crippen LogP contribution in [0.1, 0.15) is 23.6 Å². The molecule has 8 nitrogen and oxygen atoms in total. The van der Waals surface area contributed by atoms with Crippen molar-refractivity contribution < 1.29 is 28.6 Å². The number of amides is 4. The zero-order valence-electron chi connectivity index (χ0n) is 17.6. The third-order valence-corrected chi connectivity index (χ3v) is 4.52. The first-order chi connectivity index (χ1) is 14.9. The lowest BCUT2D eigenvalue weighted by molar-refractivity contribution is -0.123. The lowest BCUT2D eigenvalue weighted by Crippen LogP contribution is -2.51. The minimum Gasteiger partial charge on any atom is -0.490 e. The second kappa shape index (κ2) is 9.80. The number of para-hydroxylation sites is 1. The molecule has 31 heavy (non-hydrogen) atoms. The number of imide groups is 2. The molecule has 4 amide bonds. The lowest BCUT2D eigenvalue weighted by Gasteiger charge is -2.16. The largest absolute Gasteiger partial charge is 0.490 e. The average Bonchev–Trinajstić information content (AvgIpc) is 2.71. The summed E-state index contributed by atoms with van der Waals surface area (Å²) in [6, 6.07) is 10.2. The minimum atomic E-state index is -0.839. The zero-order valence-corrected chi connectivity index (χ0v) is 17.6. The van der Waals surface area contributed by atoms with Gasteiger partial charge in [0.1, 0.15) is 24.5 Å². The molecule has 3 rings (SSSR count). The molecule has 2 aromatic rings. The molecule has 2 N–H and O–H groups in total. The molecule has 0 atom stereocenters. The Labute approximate surface area is 180 Å². The van der Waals surface area contributed by atoms with E-state index in [-0.39, 0.29) is 5.57 Å². The van der Waals surface area contributed by atoms with Gasteiger partial charge < -0.3 is 14.2 Å².